The molecule has 1 heterocycles. The highest BCUT2D eigenvalue weighted by atomic mass is 79.9. The molecule has 0 fully saturated rings. The second kappa shape index (κ2) is 5.03. The van der Waals surface area contributed by atoms with Gasteiger partial charge < -0.3 is 10.3 Å². The third-order valence-corrected chi connectivity index (χ3v) is 4.03. The number of imidazole rings is 1. The van der Waals surface area contributed by atoms with Crippen molar-refractivity contribution in [1.29, 1.82) is 0 Å². The van der Waals surface area contributed by atoms with Crippen LogP contribution in [-0.2, 0) is 13.6 Å². The minimum atomic E-state index is 0.550. The summed E-state index contributed by atoms with van der Waals surface area (Å²) in [6, 6.07) is 6.17. The van der Waals surface area contributed by atoms with E-state index in [2.05, 4.69) is 33.0 Å². The van der Waals surface area contributed by atoms with Gasteiger partial charge in [-0.3, -0.25) is 0 Å². The first-order chi connectivity index (χ1) is 7.70. The molecule has 0 bridgehead atoms. The van der Waals surface area contributed by atoms with Gasteiger partial charge in [-0.2, -0.15) is 0 Å². The Balaban J connectivity index is 2.23. The first-order valence-corrected chi connectivity index (χ1v) is 6.45. The van der Waals surface area contributed by atoms with Crippen LogP contribution in [0.1, 0.15) is 5.56 Å². The van der Waals surface area contributed by atoms with Crippen molar-refractivity contribution in [2.75, 3.05) is 0 Å². The monoisotopic (exact) mass is 297 g/mol. The van der Waals surface area contributed by atoms with Crippen LogP contribution in [-0.4, -0.2) is 9.55 Å². The van der Waals surface area contributed by atoms with E-state index in [1.165, 1.54) is 0 Å². The molecule has 0 aliphatic carbocycles. The van der Waals surface area contributed by atoms with Gasteiger partial charge in [0.2, 0.25) is 0 Å². The lowest BCUT2D eigenvalue weighted by Gasteiger charge is -2.05. The highest BCUT2D eigenvalue weighted by Gasteiger charge is 2.04. The van der Waals surface area contributed by atoms with Gasteiger partial charge in [0.1, 0.15) is 0 Å². The summed E-state index contributed by atoms with van der Waals surface area (Å²) >= 11 is 5.14. The molecule has 0 spiro atoms. The van der Waals surface area contributed by atoms with Crippen molar-refractivity contribution in [2.45, 2.75) is 16.6 Å². The van der Waals surface area contributed by atoms with Gasteiger partial charge in [-0.1, -0.05) is 33.8 Å². The molecule has 0 radical (unpaired) electrons. The van der Waals surface area contributed by atoms with E-state index in [4.69, 9.17) is 5.73 Å². The highest BCUT2D eigenvalue weighted by Crippen LogP contribution is 2.29. The number of hydrogen-bond donors (Lipinski definition) is 1. The highest BCUT2D eigenvalue weighted by molar-refractivity contribution is 9.10. The lowest BCUT2D eigenvalue weighted by Crippen LogP contribution is -1.97. The fourth-order valence-corrected chi connectivity index (χ4v) is 2.85. The summed E-state index contributed by atoms with van der Waals surface area (Å²) in [5.41, 5.74) is 6.72. The number of rotatable bonds is 3. The Labute approximate surface area is 107 Å². The zero-order valence-corrected chi connectivity index (χ0v) is 11.3. The molecule has 1 aromatic carbocycles. The molecule has 0 atom stereocenters. The average Bonchev–Trinajstić information content (AvgIpc) is 2.65. The molecule has 0 saturated heterocycles. The molecule has 0 aliphatic heterocycles. The van der Waals surface area contributed by atoms with E-state index in [1.807, 2.05) is 23.9 Å². The largest absolute Gasteiger partial charge is 0.329 e. The summed E-state index contributed by atoms with van der Waals surface area (Å²) in [7, 11) is 1.98. The molecular formula is C11H12BrN3S. The van der Waals surface area contributed by atoms with Crippen LogP contribution in [0.5, 0.6) is 0 Å². The van der Waals surface area contributed by atoms with E-state index in [0.717, 1.165) is 20.1 Å². The van der Waals surface area contributed by atoms with Crippen molar-refractivity contribution >= 4 is 27.7 Å². The molecule has 2 N–H and O–H groups in total. The maximum Gasteiger partial charge on any atom is 0.172 e. The zero-order chi connectivity index (χ0) is 11.5. The predicted molar refractivity (Wildman–Crippen MR) is 69.4 cm³/mol. The number of aryl methyl sites for hydroxylation is 1. The molecular weight excluding hydrogens is 286 g/mol. The Morgan fingerprint density at radius 3 is 2.88 bits per heavy atom. The minimum absolute atomic E-state index is 0.550. The van der Waals surface area contributed by atoms with Crippen molar-refractivity contribution in [3.63, 3.8) is 0 Å². The average molecular weight is 298 g/mol. The van der Waals surface area contributed by atoms with Crippen LogP contribution in [0.4, 0.5) is 0 Å². The van der Waals surface area contributed by atoms with Gasteiger partial charge in [-0.05, 0) is 17.7 Å². The van der Waals surface area contributed by atoms with E-state index in [9.17, 15) is 0 Å². The van der Waals surface area contributed by atoms with Crippen molar-refractivity contribution in [3.8, 4) is 0 Å². The normalized spacial score (nSPS) is 10.7. The second-order valence-electron chi connectivity index (χ2n) is 3.38. The summed E-state index contributed by atoms with van der Waals surface area (Å²) < 4.78 is 3.05. The van der Waals surface area contributed by atoms with E-state index in [-0.39, 0.29) is 0 Å². The number of aromatic nitrogens is 2. The molecule has 0 unspecified atom stereocenters. The summed E-state index contributed by atoms with van der Waals surface area (Å²) in [6.45, 7) is 0.550. The van der Waals surface area contributed by atoms with E-state index < -0.39 is 0 Å². The van der Waals surface area contributed by atoms with Crippen molar-refractivity contribution in [2.24, 2.45) is 12.8 Å². The van der Waals surface area contributed by atoms with Crippen LogP contribution in [0, 0.1) is 0 Å². The van der Waals surface area contributed by atoms with Crippen LogP contribution in [0.2, 0.25) is 0 Å². The van der Waals surface area contributed by atoms with Crippen LogP contribution in [0.25, 0.3) is 0 Å². The second-order valence-corrected chi connectivity index (χ2v) is 5.28. The molecule has 0 amide bonds. The summed E-state index contributed by atoms with van der Waals surface area (Å²) in [6.07, 6.45) is 3.73. The van der Waals surface area contributed by atoms with Crippen molar-refractivity contribution in [1.82, 2.24) is 9.55 Å². The van der Waals surface area contributed by atoms with Crippen molar-refractivity contribution < 1.29 is 0 Å². The van der Waals surface area contributed by atoms with Gasteiger partial charge in [-0.15, -0.1) is 0 Å². The van der Waals surface area contributed by atoms with E-state index >= 15 is 0 Å². The first kappa shape index (κ1) is 11.7. The van der Waals surface area contributed by atoms with E-state index in [0.29, 0.717) is 6.54 Å². The van der Waals surface area contributed by atoms with Crippen LogP contribution in [0.3, 0.4) is 0 Å². The van der Waals surface area contributed by atoms with Gasteiger partial charge >= 0.3 is 0 Å². The van der Waals surface area contributed by atoms with Gasteiger partial charge in [0.25, 0.3) is 0 Å². The SMILES string of the molecule is Cn1ccnc1Sc1ccc(CN)c(Br)c1. The van der Waals surface area contributed by atoms with Crippen LogP contribution < -0.4 is 5.73 Å². The third kappa shape index (κ3) is 2.48. The maximum absolute atomic E-state index is 5.61. The number of nitrogens with two attached hydrogens (primary N) is 1. The Bertz CT molecular complexity index is 496. The lowest BCUT2D eigenvalue weighted by atomic mass is 10.2. The Morgan fingerprint density at radius 2 is 2.31 bits per heavy atom. The standard InChI is InChI=1S/C11H12BrN3S/c1-15-5-4-14-11(15)16-9-3-2-8(7-13)10(12)6-9/h2-6H,7,13H2,1H3. The fraction of sp³-hybridized carbons (Fsp3) is 0.182. The van der Waals surface area contributed by atoms with Gasteiger partial charge in [0.05, 0.1) is 0 Å². The molecule has 1 aromatic heterocycles. The maximum atomic E-state index is 5.61. The van der Waals surface area contributed by atoms with Gasteiger partial charge in [-0.25, -0.2) is 4.98 Å². The molecule has 84 valence electrons. The Kier molecular flexibility index (Phi) is 3.68. The predicted octanol–water partition coefficient (Wildman–Crippen LogP) is 2.79. The van der Waals surface area contributed by atoms with Crippen LogP contribution in [0.15, 0.2) is 45.1 Å². The van der Waals surface area contributed by atoms with Gasteiger partial charge in [0.15, 0.2) is 5.16 Å². The topological polar surface area (TPSA) is 43.8 Å². The quantitative estimate of drug-likeness (QED) is 0.947. The molecule has 3 nitrogen and oxygen atoms in total. The Morgan fingerprint density at radius 1 is 1.50 bits per heavy atom. The number of halogens is 1. The van der Waals surface area contributed by atoms with Crippen LogP contribution >= 0.6 is 27.7 Å². The summed E-state index contributed by atoms with van der Waals surface area (Å²) in [5, 5.41) is 0.979. The Hall–Kier alpha value is -0.780. The third-order valence-electron chi connectivity index (χ3n) is 2.23. The minimum Gasteiger partial charge on any atom is -0.329 e. The molecule has 2 rings (SSSR count). The van der Waals surface area contributed by atoms with Crippen molar-refractivity contribution in [3.05, 3.63) is 40.6 Å². The molecule has 5 heteroatoms. The molecule has 16 heavy (non-hydrogen) atoms. The molecule has 2 aromatic rings. The fourth-order valence-electron chi connectivity index (χ4n) is 1.31. The number of nitrogens with zero attached hydrogens (tertiary/aromatic N) is 2. The first-order valence-electron chi connectivity index (χ1n) is 4.84. The molecule has 0 aliphatic rings. The summed E-state index contributed by atoms with van der Waals surface area (Å²) in [5.74, 6) is 0. The number of hydrogen-bond acceptors (Lipinski definition) is 3. The summed E-state index contributed by atoms with van der Waals surface area (Å²) in [4.78, 5) is 5.42. The number of benzene rings is 1. The zero-order valence-electron chi connectivity index (χ0n) is 8.85. The lowest BCUT2D eigenvalue weighted by molar-refractivity contribution is 0.790. The van der Waals surface area contributed by atoms with E-state index in [1.54, 1.807) is 18.0 Å². The smallest absolute Gasteiger partial charge is 0.172 e. The molecule has 0 saturated carbocycles. The van der Waals surface area contributed by atoms with Gasteiger partial charge in [0, 0.05) is 35.4 Å².